The van der Waals surface area contributed by atoms with E-state index in [9.17, 15) is 14.5 Å². The third-order valence-corrected chi connectivity index (χ3v) is 3.05. The van der Waals surface area contributed by atoms with Gasteiger partial charge < -0.3 is 9.47 Å². The second kappa shape index (κ2) is 6.41. The second-order valence-electron chi connectivity index (χ2n) is 4.04. The highest BCUT2D eigenvalue weighted by atomic mass is 35.5. The zero-order chi connectivity index (χ0) is 15.4. The van der Waals surface area contributed by atoms with Gasteiger partial charge in [-0.2, -0.15) is 0 Å². The first-order chi connectivity index (χ1) is 10.1. The SMILES string of the molecule is COc1ccc(Oc2cccc(F)c2CCl)cc1[N+](=O)[O-]. The van der Waals surface area contributed by atoms with Crippen LogP contribution in [0.5, 0.6) is 17.2 Å². The molecule has 0 aliphatic carbocycles. The third-order valence-electron chi connectivity index (χ3n) is 2.78. The lowest BCUT2D eigenvalue weighted by Crippen LogP contribution is -1.96. The van der Waals surface area contributed by atoms with Crippen molar-refractivity contribution in [2.24, 2.45) is 0 Å². The van der Waals surface area contributed by atoms with Crippen LogP contribution in [0.3, 0.4) is 0 Å². The maximum absolute atomic E-state index is 13.6. The maximum atomic E-state index is 13.6. The average molecular weight is 312 g/mol. The molecule has 0 spiro atoms. The smallest absolute Gasteiger partial charge is 0.314 e. The van der Waals surface area contributed by atoms with E-state index < -0.39 is 10.7 Å². The number of hydrogen-bond acceptors (Lipinski definition) is 4. The quantitative estimate of drug-likeness (QED) is 0.470. The fraction of sp³-hybridized carbons (Fsp3) is 0.143. The number of nitro benzene ring substituents is 1. The summed E-state index contributed by atoms with van der Waals surface area (Å²) in [6, 6.07) is 8.39. The van der Waals surface area contributed by atoms with Crippen molar-refractivity contribution >= 4 is 17.3 Å². The number of hydrogen-bond donors (Lipinski definition) is 0. The maximum Gasteiger partial charge on any atom is 0.314 e. The number of rotatable bonds is 5. The molecule has 0 saturated heterocycles. The number of nitro groups is 1. The van der Waals surface area contributed by atoms with Gasteiger partial charge in [-0.1, -0.05) is 6.07 Å². The fourth-order valence-corrected chi connectivity index (χ4v) is 2.03. The Bertz CT molecular complexity index is 678. The number of ether oxygens (including phenoxy) is 2. The summed E-state index contributed by atoms with van der Waals surface area (Å²) in [5.74, 6) is -0.0427. The fourth-order valence-electron chi connectivity index (χ4n) is 1.77. The molecule has 2 rings (SSSR count). The topological polar surface area (TPSA) is 61.6 Å². The lowest BCUT2D eigenvalue weighted by molar-refractivity contribution is -0.385. The molecule has 0 bridgehead atoms. The van der Waals surface area contributed by atoms with Crippen LogP contribution in [0.1, 0.15) is 5.56 Å². The Balaban J connectivity index is 2.39. The molecular weight excluding hydrogens is 301 g/mol. The number of halogens is 2. The molecule has 0 radical (unpaired) electrons. The van der Waals surface area contributed by atoms with Crippen molar-refractivity contribution in [2.75, 3.05) is 7.11 Å². The average Bonchev–Trinajstić information content (AvgIpc) is 2.47. The van der Waals surface area contributed by atoms with Crippen molar-refractivity contribution in [2.45, 2.75) is 5.88 Å². The Morgan fingerprint density at radius 2 is 2.05 bits per heavy atom. The first kappa shape index (κ1) is 15.1. The summed E-state index contributed by atoms with van der Waals surface area (Å²) in [4.78, 5) is 10.4. The second-order valence-corrected chi connectivity index (χ2v) is 4.31. The molecule has 0 aromatic heterocycles. The molecule has 2 aromatic carbocycles. The predicted octanol–water partition coefficient (Wildman–Crippen LogP) is 4.27. The first-order valence-corrected chi connectivity index (χ1v) is 6.44. The summed E-state index contributed by atoms with van der Waals surface area (Å²) in [5, 5.41) is 11.0. The summed E-state index contributed by atoms with van der Waals surface area (Å²) in [5.41, 5.74) is -0.0449. The van der Waals surface area contributed by atoms with Gasteiger partial charge in [0.05, 0.1) is 24.0 Å². The summed E-state index contributed by atoms with van der Waals surface area (Å²) in [6.45, 7) is 0. The highest BCUT2D eigenvalue weighted by Gasteiger charge is 2.17. The Morgan fingerprint density at radius 1 is 1.29 bits per heavy atom. The van der Waals surface area contributed by atoms with Crippen molar-refractivity contribution in [3.05, 3.63) is 57.9 Å². The Hall–Kier alpha value is -2.34. The van der Waals surface area contributed by atoms with Gasteiger partial charge in [0.25, 0.3) is 0 Å². The van der Waals surface area contributed by atoms with E-state index in [4.69, 9.17) is 21.1 Å². The van der Waals surface area contributed by atoms with Gasteiger partial charge in [0.15, 0.2) is 5.75 Å². The Morgan fingerprint density at radius 3 is 2.67 bits per heavy atom. The van der Waals surface area contributed by atoms with E-state index in [0.29, 0.717) is 0 Å². The molecule has 0 fully saturated rings. The van der Waals surface area contributed by atoms with Gasteiger partial charge in [-0.15, -0.1) is 11.6 Å². The van der Waals surface area contributed by atoms with Gasteiger partial charge in [0.2, 0.25) is 0 Å². The van der Waals surface area contributed by atoms with Crippen LogP contribution in [-0.4, -0.2) is 12.0 Å². The minimum absolute atomic E-state index is 0.0692. The minimum atomic E-state index is -0.584. The van der Waals surface area contributed by atoms with Crippen LogP contribution in [0.15, 0.2) is 36.4 Å². The van der Waals surface area contributed by atoms with E-state index >= 15 is 0 Å². The van der Waals surface area contributed by atoms with Crippen molar-refractivity contribution in [3.63, 3.8) is 0 Å². The molecule has 0 N–H and O–H groups in total. The zero-order valence-electron chi connectivity index (χ0n) is 11.0. The van der Waals surface area contributed by atoms with Gasteiger partial charge in [-0.25, -0.2) is 4.39 Å². The number of alkyl halides is 1. The molecule has 0 saturated carbocycles. The van der Waals surface area contributed by atoms with E-state index in [1.165, 1.54) is 43.5 Å². The third kappa shape index (κ3) is 3.22. The number of benzene rings is 2. The van der Waals surface area contributed by atoms with Crippen molar-refractivity contribution in [3.8, 4) is 17.2 Å². The summed E-state index contributed by atoms with van der Waals surface area (Å²) in [6.07, 6.45) is 0. The van der Waals surface area contributed by atoms with Crippen molar-refractivity contribution < 1.29 is 18.8 Å². The van der Waals surface area contributed by atoms with Gasteiger partial charge in [-0.05, 0) is 24.3 Å². The standard InChI is InChI=1S/C14H11ClFNO4/c1-20-14-6-5-9(7-12(14)17(18)19)21-13-4-2-3-11(16)10(13)8-15/h2-7H,8H2,1H3. The van der Waals surface area contributed by atoms with E-state index in [1.54, 1.807) is 0 Å². The largest absolute Gasteiger partial charge is 0.490 e. The van der Waals surface area contributed by atoms with Crippen molar-refractivity contribution in [1.29, 1.82) is 0 Å². The van der Waals surface area contributed by atoms with Crippen LogP contribution in [0.4, 0.5) is 10.1 Å². The highest BCUT2D eigenvalue weighted by molar-refractivity contribution is 6.17. The van der Waals surface area contributed by atoms with E-state index in [1.807, 2.05) is 0 Å². The van der Waals surface area contributed by atoms with Gasteiger partial charge in [0.1, 0.15) is 17.3 Å². The molecular formula is C14H11ClFNO4. The zero-order valence-corrected chi connectivity index (χ0v) is 11.8. The van der Waals surface area contributed by atoms with Crippen LogP contribution >= 0.6 is 11.6 Å². The molecule has 7 heteroatoms. The van der Waals surface area contributed by atoms with Crippen LogP contribution in [0.2, 0.25) is 0 Å². The molecule has 5 nitrogen and oxygen atoms in total. The van der Waals surface area contributed by atoms with Crippen LogP contribution < -0.4 is 9.47 Å². The van der Waals surface area contributed by atoms with Gasteiger partial charge in [0, 0.05) is 5.56 Å². The Kier molecular flexibility index (Phi) is 4.59. The van der Waals surface area contributed by atoms with E-state index in [0.717, 1.165) is 0 Å². The summed E-state index contributed by atoms with van der Waals surface area (Å²) >= 11 is 5.68. The number of methoxy groups -OCH3 is 1. The molecule has 21 heavy (non-hydrogen) atoms. The monoisotopic (exact) mass is 311 g/mol. The van der Waals surface area contributed by atoms with E-state index in [-0.39, 0.29) is 34.4 Å². The molecule has 0 aliphatic heterocycles. The molecule has 0 amide bonds. The molecule has 0 atom stereocenters. The predicted molar refractivity (Wildman–Crippen MR) is 75.7 cm³/mol. The van der Waals surface area contributed by atoms with Crippen LogP contribution in [0, 0.1) is 15.9 Å². The first-order valence-electron chi connectivity index (χ1n) is 5.90. The van der Waals surface area contributed by atoms with Crippen molar-refractivity contribution in [1.82, 2.24) is 0 Å². The number of nitrogens with zero attached hydrogens (tertiary/aromatic N) is 1. The molecule has 2 aromatic rings. The lowest BCUT2D eigenvalue weighted by atomic mass is 10.2. The van der Waals surface area contributed by atoms with E-state index in [2.05, 4.69) is 0 Å². The van der Waals surface area contributed by atoms with Crippen LogP contribution in [0.25, 0.3) is 0 Å². The lowest BCUT2D eigenvalue weighted by Gasteiger charge is -2.11. The van der Waals surface area contributed by atoms with Crippen LogP contribution in [-0.2, 0) is 5.88 Å². The molecule has 110 valence electrons. The highest BCUT2D eigenvalue weighted by Crippen LogP contribution is 2.34. The minimum Gasteiger partial charge on any atom is -0.490 e. The van der Waals surface area contributed by atoms with Gasteiger partial charge >= 0.3 is 5.69 Å². The van der Waals surface area contributed by atoms with Gasteiger partial charge in [-0.3, -0.25) is 10.1 Å². The molecule has 0 heterocycles. The Labute approximate surface area is 125 Å². The molecule has 0 aliphatic rings. The summed E-state index contributed by atoms with van der Waals surface area (Å²) < 4.78 is 24.0. The summed E-state index contributed by atoms with van der Waals surface area (Å²) in [7, 11) is 1.33. The molecule has 0 unspecified atom stereocenters. The normalized spacial score (nSPS) is 10.2.